The third kappa shape index (κ3) is 8.52. The van der Waals surface area contributed by atoms with Crippen LogP contribution in [0.1, 0.15) is 65.7 Å². The Morgan fingerprint density at radius 3 is 1.81 bits per heavy atom. The monoisotopic (exact) mass is 418 g/mol. The zero-order chi connectivity index (χ0) is 12.6. The Morgan fingerprint density at radius 1 is 0.875 bits per heavy atom. The van der Waals surface area contributed by atoms with Gasteiger partial charge in [0.05, 0.1) is 0 Å². The molecule has 0 aliphatic rings. The third-order valence-electron chi connectivity index (χ3n) is 3.09. The highest BCUT2D eigenvalue weighted by Gasteiger charge is 2.32. The van der Waals surface area contributed by atoms with Gasteiger partial charge in [-0.1, -0.05) is 107 Å². The molecule has 0 bridgehead atoms. The standard InChI is InChI=1S/C13H25Br3/c1-4-5-6-7-8-9-10-12(11(2)3)13(14,15)16/h11-12H,4-10H2,1-3H3. The van der Waals surface area contributed by atoms with Crippen molar-refractivity contribution >= 4 is 47.8 Å². The number of halogens is 3. The van der Waals surface area contributed by atoms with Crippen LogP contribution in [0.3, 0.4) is 0 Å². The lowest BCUT2D eigenvalue weighted by Crippen LogP contribution is -2.23. The van der Waals surface area contributed by atoms with Crippen LogP contribution in [0.2, 0.25) is 0 Å². The van der Waals surface area contributed by atoms with Gasteiger partial charge in [0, 0.05) is 0 Å². The lowest BCUT2D eigenvalue weighted by molar-refractivity contribution is 0.366. The summed E-state index contributed by atoms with van der Waals surface area (Å²) in [6, 6.07) is 0. The maximum Gasteiger partial charge on any atom is 0.138 e. The minimum Gasteiger partial charge on any atom is -0.0654 e. The van der Waals surface area contributed by atoms with Crippen LogP contribution in [0.25, 0.3) is 0 Å². The summed E-state index contributed by atoms with van der Waals surface area (Å²) in [5.41, 5.74) is 0. The van der Waals surface area contributed by atoms with Crippen LogP contribution >= 0.6 is 47.8 Å². The SMILES string of the molecule is CCCCCCCCC(C(C)C)C(Br)(Br)Br. The van der Waals surface area contributed by atoms with E-state index >= 15 is 0 Å². The maximum atomic E-state index is 3.67. The minimum absolute atomic E-state index is 0.0788. The predicted molar refractivity (Wildman–Crippen MR) is 85.8 cm³/mol. The normalized spacial score (nSPS) is 14.4. The Labute approximate surface area is 127 Å². The molecular weight excluding hydrogens is 396 g/mol. The molecule has 0 nitrogen and oxygen atoms in total. The molecule has 0 N–H and O–H groups in total. The first kappa shape index (κ1) is 17.4. The van der Waals surface area contributed by atoms with Crippen molar-refractivity contribution in [1.82, 2.24) is 0 Å². The first-order chi connectivity index (χ1) is 7.39. The summed E-state index contributed by atoms with van der Waals surface area (Å²) in [5.74, 6) is 1.33. The van der Waals surface area contributed by atoms with E-state index < -0.39 is 0 Å². The number of alkyl halides is 3. The van der Waals surface area contributed by atoms with Gasteiger partial charge in [0.15, 0.2) is 0 Å². The summed E-state index contributed by atoms with van der Waals surface area (Å²) in [7, 11) is 0. The molecule has 0 heterocycles. The number of hydrogen-bond donors (Lipinski definition) is 0. The molecule has 0 fully saturated rings. The Morgan fingerprint density at radius 2 is 1.38 bits per heavy atom. The second-order valence-corrected chi connectivity index (χ2v) is 11.9. The van der Waals surface area contributed by atoms with Crippen LogP contribution in [0.15, 0.2) is 0 Å². The zero-order valence-corrected chi connectivity index (χ0v) is 15.5. The van der Waals surface area contributed by atoms with Crippen molar-refractivity contribution in [3.8, 4) is 0 Å². The molecule has 3 heteroatoms. The highest BCUT2D eigenvalue weighted by Crippen LogP contribution is 2.46. The minimum atomic E-state index is -0.0788. The Hall–Kier alpha value is 1.44. The molecule has 1 atom stereocenters. The molecule has 0 aromatic heterocycles. The highest BCUT2D eigenvalue weighted by molar-refractivity contribution is 9.39. The van der Waals surface area contributed by atoms with E-state index in [1.165, 1.54) is 44.9 Å². The fourth-order valence-corrected chi connectivity index (χ4v) is 4.29. The van der Waals surface area contributed by atoms with Crippen molar-refractivity contribution in [2.24, 2.45) is 11.8 Å². The van der Waals surface area contributed by atoms with Crippen LogP contribution in [-0.4, -0.2) is 2.14 Å². The largest absolute Gasteiger partial charge is 0.138 e. The summed E-state index contributed by atoms with van der Waals surface area (Å²) in [6.45, 7) is 6.85. The van der Waals surface area contributed by atoms with Gasteiger partial charge in [0.25, 0.3) is 0 Å². The molecule has 0 saturated carbocycles. The van der Waals surface area contributed by atoms with Crippen molar-refractivity contribution in [1.29, 1.82) is 0 Å². The first-order valence-electron chi connectivity index (χ1n) is 6.46. The van der Waals surface area contributed by atoms with Crippen LogP contribution in [0, 0.1) is 11.8 Å². The number of rotatable bonds is 8. The Balaban J connectivity index is 3.70. The van der Waals surface area contributed by atoms with Crippen LogP contribution in [-0.2, 0) is 0 Å². The first-order valence-corrected chi connectivity index (χ1v) is 8.84. The highest BCUT2D eigenvalue weighted by atomic mass is 80.0. The van der Waals surface area contributed by atoms with Crippen molar-refractivity contribution < 1.29 is 0 Å². The van der Waals surface area contributed by atoms with Crippen molar-refractivity contribution in [2.75, 3.05) is 0 Å². The topological polar surface area (TPSA) is 0 Å². The lowest BCUT2D eigenvalue weighted by atomic mass is 9.92. The molecule has 0 aromatic rings. The molecule has 16 heavy (non-hydrogen) atoms. The van der Waals surface area contributed by atoms with E-state index in [1.54, 1.807) is 0 Å². The predicted octanol–water partition coefficient (Wildman–Crippen LogP) is 6.85. The maximum absolute atomic E-state index is 3.67. The van der Waals surface area contributed by atoms with Gasteiger partial charge in [0.2, 0.25) is 0 Å². The quantitative estimate of drug-likeness (QED) is 0.297. The van der Waals surface area contributed by atoms with Gasteiger partial charge < -0.3 is 0 Å². The molecule has 98 valence electrons. The van der Waals surface area contributed by atoms with E-state index in [0.29, 0.717) is 11.8 Å². The second-order valence-electron chi connectivity index (χ2n) is 4.95. The van der Waals surface area contributed by atoms with E-state index in [4.69, 9.17) is 0 Å². The smallest absolute Gasteiger partial charge is 0.0654 e. The number of hydrogen-bond acceptors (Lipinski definition) is 0. The van der Waals surface area contributed by atoms with Crippen LogP contribution < -0.4 is 0 Å². The molecule has 0 rings (SSSR count). The van der Waals surface area contributed by atoms with Gasteiger partial charge in [-0.05, 0) is 18.3 Å². The molecule has 1 unspecified atom stereocenters. The summed E-state index contributed by atoms with van der Waals surface area (Å²) in [4.78, 5) is 0. The fraction of sp³-hybridized carbons (Fsp3) is 1.00. The number of unbranched alkanes of at least 4 members (excludes halogenated alkanes) is 5. The molecular formula is C13H25Br3. The average Bonchev–Trinajstić information content (AvgIpc) is 2.13. The van der Waals surface area contributed by atoms with Gasteiger partial charge in [-0.25, -0.2) is 0 Å². The van der Waals surface area contributed by atoms with E-state index in [1.807, 2.05) is 0 Å². The van der Waals surface area contributed by atoms with Crippen molar-refractivity contribution in [2.45, 2.75) is 67.9 Å². The van der Waals surface area contributed by atoms with Crippen LogP contribution in [0.4, 0.5) is 0 Å². The molecule has 0 aliphatic carbocycles. The molecule has 0 saturated heterocycles. The third-order valence-corrected chi connectivity index (χ3v) is 4.86. The summed E-state index contributed by atoms with van der Waals surface area (Å²) in [5, 5.41) is 0. The van der Waals surface area contributed by atoms with Gasteiger partial charge in [-0.2, -0.15) is 0 Å². The molecule has 0 aromatic carbocycles. The van der Waals surface area contributed by atoms with E-state index in [9.17, 15) is 0 Å². The lowest BCUT2D eigenvalue weighted by Gasteiger charge is -2.29. The molecule has 0 amide bonds. The van der Waals surface area contributed by atoms with Gasteiger partial charge >= 0.3 is 0 Å². The Bertz CT molecular complexity index is 161. The Kier molecular flexibility index (Phi) is 10.2. The summed E-state index contributed by atoms with van der Waals surface area (Å²) >= 11 is 11.0. The average molecular weight is 421 g/mol. The zero-order valence-electron chi connectivity index (χ0n) is 10.7. The van der Waals surface area contributed by atoms with Gasteiger partial charge in [-0.15, -0.1) is 0 Å². The van der Waals surface area contributed by atoms with Crippen molar-refractivity contribution in [3.63, 3.8) is 0 Å². The second kappa shape index (κ2) is 9.38. The molecule has 0 spiro atoms. The summed E-state index contributed by atoms with van der Waals surface area (Å²) in [6.07, 6.45) is 9.55. The fourth-order valence-electron chi connectivity index (χ4n) is 2.02. The summed E-state index contributed by atoms with van der Waals surface area (Å²) < 4.78 is -0.0788. The van der Waals surface area contributed by atoms with Gasteiger partial charge in [-0.3, -0.25) is 0 Å². The van der Waals surface area contributed by atoms with E-state index in [0.717, 1.165) is 0 Å². The molecule has 0 radical (unpaired) electrons. The molecule has 0 aliphatic heterocycles. The van der Waals surface area contributed by atoms with Gasteiger partial charge in [0.1, 0.15) is 2.14 Å². The van der Waals surface area contributed by atoms with Crippen molar-refractivity contribution in [3.05, 3.63) is 0 Å². The van der Waals surface area contributed by atoms with E-state index in [-0.39, 0.29) is 2.14 Å². The van der Waals surface area contributed by atoms with E-state index in [2.05, 4.69) is 68.6 Å². The van der Waals surface area contributed by atoms with Crippen LogP contribution in [0.5, 0.6) is 0 Å².